The van der Waals surface area contributed by atoms with Gasteiger partial charge in [-0.05, 0) is 44.2 Å². The van der Waals surface area contributed by atoms with Gasteiger partial charge in [0.15, 0.2) is 0 Å². The predicted molar refractivity (Wildman–Crippen MR) is 73.5 cm³/mol. The second-order valence-corrected chi connectivity index (χ2v) is 5.88. The first kappa shape index (κ1) is 14.3. The first-order valence-electron chi connectivity index (χ1n) is 7.42. The monoisotopic (exact) mass is 267 g/mol. The highest BCUT2D eigenvalue weighted by molar-refractivity contribution is 5.79. The third-order valence-corrected chi connectivity index (χ3v) is 4.33. The zero-order chi connectivity index (χ0) is 13.7. The van der Waals surface area contributed by atoms with E-state index in [1.807, 2.05) is 0 Å². The highest BCUT2D eigenvalue weighted by Gasteiger charge is 2.24. The lowest BCUT2D eigenvalue weighted by molar-refractivity contribution is -0.126. The van der Waals surface area contributed by atoms with Crippen molar-refractivity contribution >= 4 is 11.8 Å². The summed E-state index contributed by atoms with van der Waals surface area (Å²) in [5.74, 6) is 1.33. The van der Waals surface area contributed by atoms with Crippen LogP contribution in [0.5, 0.6) is 0 Å². The molecule has 2 aliphatic rings. The molecule has 2 atom stereocenters. The summed E-state index contributed by atoms with van der Waals surface area (Å²) < 4.78 is 0. The van der Waals surface area contributed by atoms with Gasteiger partial charge in [-0.3, -0.25) is 9.59 Å². The molecule has 19 heavy (non-hydrogen) atoms. The molecule has 0 saturated carbocycles. The van der Waals surface area contributed by atoms with Gasteiger partial charge in [0.25, 0.3) is 0 Å². The zero-order valence-electron chi connectivity index (χ0n) is 11.7. The molecule has 2 fully saturated rings. The molecule has 5 heteroatoms. The summed E-state index contributed by atoms with van der Waals surface area (Å²) in [4.78, 5) is 23.1. The fourth-order valence-corrected chi connectivity index (χ4v) is 3.01. The van der Waals surface area contributed by atoms with Crippen molar-refractivity contribution in [1.29, 1.82) is 0 Å². The molecule has 0 aromatic heterocycles. The van der Waals surface area contributed by atoms with Gasteiger partial charge in [-0.25, -0.2) is 0 Å². The summed E-state index contributed by atoms with van der Waals surface area (Å²) in [5, 5.41) is 9.18. The fourth-order valence-electron chi connectivity index (χ4n) is 3.01. The van der Waals surface area contributed by atoms with Crippen molar-refractivity contribution in [1.82, 2.24) is 16.0 Å². The van der Waals surface area contributed by atoms with E-state index in [1.54, 1.807) is 0 Å². The molecule has 0 aromatic carbocycles. The second-order valence-electron chi connectivity index (χ2n) is 5.88. The van der Waals surface area contributed by atoms with Crippen LogP contribution in [0.1, 0.15) is 39.0 Å². The number of carbonyl (C=O) groups excluding carboxylic acids is 2. The van der Waals surface area contributed by atoms with E-state index in [0.717, 1.165) is 19.5 Å². The molecule has 2 rings (SSSR count). The lowest BCUT2D eigenvalue weighted by atomic mass is 9.84. The van der Waals surface area contributed by atoms with Crippen LogP contribution in [-0.2, 0) is 9.59 Å². The normalized spacial score (nSPS) is 26.6. The van der Waals surface area contributed by atoms with Crippen molar-refractivity contribution in [2.75, 3.05) is 19.6 Å². The van der Waals surface area contributed by atoms with Crippen LogP contribution >= 0.6 is 0 Å². The molecule has 2 amide bonds. The summed E-state index contributed by atoms with van der Waals surface area (Å²) in [6.07, 6.45) is 4.24. The number of hydrogen-bond donors (Lipinski definition) is 3. The summed E-state index contributed by atoms with van der Waals surface area (Å²) in [6.45, 7) is 4.90. The summed E-state index contributed by atoms with van der Waals surface area (Å²) in [7, 11) is 0. The Labute approximate surface area is 114 Å². The van der Waals surface area contributed by atoms with Crippen LogP contribution in [0.3, 0.4) is 0 Å². The standard InChI is InChI=1S/C14H25N3O2/c1-10(11-4-6-15-7-5-11)8-14(19)17-12-2-3-13(18)16-9-12/h10-12,15H,2-9H2,1H3,(H,16,18)(H,17,19). The lowest BCUT2D eigenvalue weighted by Crippen LogP contribution is -2.48. The SMILES string of the molecule is CC(CC(=O)NC1CCC(=O)NC1)C1CCNCC1. The van der Waals surface area contributed by atoms with Gasteiger partial charge >= 0.3 is 0 Å². The molecule has 0 bridgehead atoms. The minimum Gasteiger partial charge on any atom is -0.354 e. The highest BCUT2D eigenvalue weighted by atomic mass is 16.2. The molecule has 0 aliphatic carbocycles. The van der Waals surface area contributed by atoms with Gasteiger partial charge in [0.2, 0.25) is 11.8 Å². The maximum Gasteiger partial charge on any atom is 0.220 e. The number of piperidine rings is 2. The van der Waals surface area contributed by atoms with Crippen molar-refractivity contribution < 1.29 is 9.59 Å². The molecule has 5 nitrogen and oxygen atoms in total. The van der Waals surface area contributed by atoms with E-state index in [-0.39, 0.29) is 17.9 Å². The van der Waals surface area contributed by atoms with Gasteiger partial charge in [-0.2, -0.15) is 0 Å². The largest absolute Gasteiger partial charge is 0.354 e. The Morgan fingerprint density at radius 3 is 2.74 bits per heavy atom. The third kappa shape index (κ3) is 4.49. The van der Waals surface area contributed by atoms with E-state index >= 15 is 0 Å². The molecule has 2 saturated heterocycles. The maximum atomic E-state index is 12.0. The van der Waals surface area contributed by atoms with Gasteiger partial charge in [-0.1, -0.05) is 6.92 Å². The molecule has 2 unspecified atom stereocenters. The van der Waals surface area contributed by atoms with E-state index < -0.39 is 0 Å². The maximum absolute atomic E-state index is 12.0. The molecule has 0 radical (unpaired) electrons. The van der Waals surface area contributed by atoms with Gasteiger partial charge in [0, 0.05) is 25.4 Å². The van der Waals surface area contributed by atoms with Crippen LogP contribution in [0, 0.1) is 11.8 Å². The molecule has 0 aromatic rings. The summed E-state index contributed by atoms with van der Waals surface area (Å²) in [6, 6.07) is 0.116. The number of carbonyl (C=O) groups is 2. The Bertz CT molecular complexity index is 317. The van der Waals surface area contributed by atoms with Crippen LogP contribution in [0.15, 0.2) is 0 Å². The lowest BCUT2D eigenvalue weighted by Gasteiger charge is -2.29. The smallest absolute Gasteiger partial charge is 0.220 e. The Morgan fingerprint density at radius 2 is 2.11 bits per heavy atom. The predicted octanol–water partition coefficient (Wildman–Crippen LogP) is 0.407. The van der Waals surface area contributed by atoms with Crippen LogP contribution in [0.25, 0.3) is 0 Å². The Kier molecular flexibility index (Phi) is 5.19. The highest BCUT2D eigenvalue weighted by Crippen LogP contribution is 2.24. The molecule has 3 N–H and O–H groups in total. The zero-order valence-corrected chi connectivity index (χ0v) is 11.7. The minimum atomic E-state index is 0.0913. The van der Waals surface area contributed by atoms with Gasteiger partial charge < -0.3 is 16.0 Å². The fraction of sp³-hybridized carbons (Fsp3) is 0.857. The van der Waals surface area contributed by atoms with Gasteiger partial charge in [0.1, 0.15) is 0 Å². The molecule has 2 aliphatic heterocycles. The van der Waals surface area contributed by atoms with Crippen LogP contribution in [0.4, 0.5) is 0 Å². The summed E-state index contributed by atoms with van der Waals surface area (Å²) >= 11 is 0. The van der Waals surface area contributed by atoms with Gasteiger partial charge in [0.05, 0.1) is 0 Å². The van der Waals surface area contributed by atoms with Crippen molar-refractivity contribution in [3.63, 3.8) is 0 Å². The number of hydrogen-bond acceptors (Lipinski definition) is 3. The van der Waals surface area contributed by atoms with E-state index in [2.05, 4.69) is 22.9 Å². The average molecular weight is 267 g/mol. The van der Waals surface area contributed by atoms with E-state index in [0.29, 0.717) is 31.2 Å². The van der Waals surface area contributed by atoms with Crippen molar-refractivity contribution in [2.45, 2.75) is 45.1 Å². The first-order chi connectivity index (χ1) is 9.15. The Hall–Kier alpha value is -1.10. The van der Waals surface area contributed by atoms with Crippen LogP contribution in [-0.4, -0.2) is 37.5 Å². The second kappa shape index (κ2) is 6.89. The molecular weight excluding hydrogens is 242 g/mol. The third-order valence-electron chi connectivity index (χ3n) is 4.33. The number of rotatable bonds is 4. The van der Waals surface area contributed by atoms with E-state index in [9.17, 15) is 9.59 Å². The van der Waals surface area contributed by atoms with Gasteiger partial charge in [-0.15, -0.1) is 0 Å². The molecular formula is C14H25N3O2. The topological polar surface area (TPSA) is 70.2 Å². The molecule has 2 heterocycles. The van der Waals surface area contributed by atoms with Crippen molar-refractivity contribution in [2.24, 2.45) is 11.8 Å². The molecule has 108 valence electrons. The summed E-state index contributed by atoms with van der Waals surface area (Å²) in [5.41, 5.74) is 0. The number of nitrogens with one attached hydrogen (secondary N) is 3. The average Bonchev–Trinajstić information content (AvgIpc) is 2.42. The quantitative estimate of drug-likeness (QED) is 0.691. The van der Waals surface area contributed by atoms with Crippen LogP contribution in [0.2, 0.25) is 0 Å². The Morgan fingerprint density at radius 1 is 1.37 bits per heavy atom. The van der Waals surface area contributed by atoms with E-state index in [4.69, 9.17) is 0 Å². The van der Waals surface area contributed by atoms with Crippen molar-refractivity contribution in [3.05, 3.63) is 0 Å². The van der Waals surface area contributed by atoms with E-state index in [1.165, 1.54) is 12.8 Å². The molecule has 0 spiro atoms. The van der Waals surface area contributed by atoms with Crippen LogP contribution < -0.4 is 16.0 Å². The first-order valence-corrected chi connectivity index (χ1v) is 7.42. The minimum absolute atomic E-state index is 0.0913. The number of amides is 2. The Balaban J connectivity index is 1.69. The van der Waals surface area contributed by atoms with Crippen molar-refractivity contribution in [3.8, 4) is 0 Å².